The Kier molecular flexibility index (Phi) is 7.74. The van der Waals surface area contributed by atoms with Gasteiger partial charge in [-0.3, -0.25) is 4.99 Å². The molecule has 3 atom stereocenters. The maximum Gasteiger partial charge on any atom is 0.191 e. The minimum atomic E-state index is 0. The van der Waals surface area contributed by atoms with Crippen LogP contribution in [-0.2, 0) is 4.74 Å². The first-order valence-corrected chi connectivity index (χ1v) is 9.05. The van der Waals surface area contributed by atoms with E-state index in [0.717, 1.165) is 31.4 Å². The highest BCUT2D eigenvalue weighted by molar-refractivity contribution is 14.0. The van der Waals surface area contributed by atoms with Crippen LogP contribution >= 0.6 is 24.0 Å². The van der Waals surface area contributed by atoms with Crippen molar-refractivity contribution < 1.29 is 4.74 Å². The van der Waals surface area contributed by atoms with Crippen LogP contribution in [0.1, 0.15) is 64.7 Å². The normalized spacial score (nSPS) is 31.3. The lowest BCUT2D eigenvalue weighted by Crippen LogP contribution is -2.47. The summed E-state index contributed by atoms with van der Waals surface area (Å²) >= 11 is 0. The molecule has 0 radical (unpaired) electrons. The fourth-order valence-corrected chi connectivity index (χ4v) is 4.16. The van der Waals surface area contributed by atoms with Gasteiger partial charge in [0.1, 0.15) is 0 Å². The summed E-state index contributed by atoms with van der Waals surface area (Å²) in [5.41, 5.74) is 0. The summed E-state index contributed by atoms with van der Waals surface area (Å²) in [5.74, 6) is 1.97. The summed E-state index contributed by atoms with van der Waals surface area (Å²) in [5, 5.41) is 6.97. The topological polar surface area (TPSA) is 45.7 Å². The molecule has 0 amide bonds. The third-order valence-corrected chi connectivity index (χ3v) is 5.29. The minimum absolute atomic E-state index is 0. The molecule has 3 unspecified atom stereocenters. The molecule has 22 heavy (non-hydrogen) atoms. The number of nitrogens with zero attached hydrogens (tertiary/aromatic N) is 1. The van der Waals surface area contributed by atoms with Crippen molar-refractivity contribution in [3.8, 4) is 0 Å². The smallest absolute Gasteiger partial charge is 0.191 e. The number of halogens is 1. The van der Waals surface area contributed by atoms with Crippen LogP contribution < -0.4 is 10.6 Å². The van der Waals surface area contributed by atoms with Crippen LogP contribution in [0.3, 0.4) is 0 Å². The SMILES string of the molecule is CCNC(=NCCCC1CCCC1)NC1CC2CCC1O2.I. The van der Waals surface area contributed by atoms with Gasteiger partial charge >= 0.3 is 0 Å². The van der Waals surface area contributed by atoms with Crippen LogP contribution in [0.15, 0.2) is 4.99 Å². The highest BCUT2D eigenvalue weighted by Gasteiger charge is 2.41. The largest absolute Gasteiger partial charge is 0.373 e. The molecule has 128 valence electrons. The van der Waals surface area contributed by atoms with E-state index in [0.29, 0.717) is 18.2 Å². The van der Waals surface area contributed by atoms with Crippen molar-refractivity contribution >= 4 is 29.9 Å². The van der Waals surface area contributed by atoms with Gasteiger partial charge in [0.15, 0.2) is 5.96 Å². The van der Waals surface area contributed by atoms with Crippen LogP contribution in [0.25, 0.3) is 0 Å². The molecule has 3 fully saturated rings. The molecule has 2 saturated heterocycles. The van der Waals surface area contributed by atoms with Gasteiger partial charge in [-0.05, 0) is 44.9 Å². The van der Waals surface area contributed by atoms with Gasteiger partial charge < -0.3 is 15.4 Å². The molecule has 1 saturated carbocycles. The second kappa shape index (κ2) is 9.30. The molecular weight excluding hydrogens is 389 g/mol. The van der Waals surface area contributed by atoms with E-state index < -0.39 is 0 Å². The fourth-order valence-electron chi connectivity index (χ4n) is 4.16. The molecule has 0 aromatic carbocycles. The standard InChI is InChI=1S/C17H31N3O.HI/c1-2-18-17(19-11-5-8-13-6-3-4-7-13)20-15-12-14-9-10-16(15)21-14;/h13-16H,2-12H2,1H3,(H2,18,19,20);1H. The van der Waals surface area contributed by atoms with Gasteiger partial charge in [0.2, 0.25) is 0 Å². The molecule has 2 heterocycles. The molecule has 0 aromatic rings. The number of hydrogen-bond acceptors (Lipinski definition) is 2. The zero-order valence-corrected chi connectivity index (χ0v) is 16.2. The monoisotopic (exact) mass is 421 g/mol. The summed E-state index contributed by atoms with van der Waals surface area (Å²) < 4.78 is 5.91. The molecule has 5 heteroatoms. The first-order valence-electron chi connectivity index (χ1n) is 9.05. The summed E-state index contributed by atoms with van der Waals surface area (Å²) in [6.45, 7) is 4.01. The van der Waals surface area contributed by atoms with Crippen molar-refractivity contribution in [2.75, 3.05) is 13.1 Å². The fraction of sp³-hybridized carbons (Fsp3) is 0.941. The van der Waals surface area contributed by atoms with Crippen molar-refractivity contribution in [1.29, 1.82) is 0 Å². The number of rotatable bonds is 6. The third kappa shape index (κ3) is 4.98. The summed E-state index contributed by atoms with van der Waals surface area (Å²) in [6, 6.07) is 0.469. The van der Waals surface area contributed by atoms with Crippen LogP contribution in [0.2, 0.25) is 0 Å². The molecule has 3 aliphatic rings. The average molecular weight is 421 g/mol. The third-order valence-electron chi connectivity index (χ3n) is 5.29. The van der Waals surface area contributed by atoms with Crippen LogP contribution in [-0.4, -0.2) is 37.3 Å². The molecular formula is C17H32IN3O. The Hall–Kier alpha value is -0.0400. The molecule has 1 aliphatic carbocycles. The van der Waals surface area contributed by atoms with E-state index in [1.165, 1.54) is 51.4 Å². The molecule has 2 N–H and O–H groups in total. The van der Waals surface area contributed by atoms with Gasteiger partial charge in [0.05, 0.1) is 18.2 Å². The van der Waals surface area contributed by atoms with Crippen molar-refractivity contribution in [2.24, 2.45) is 10.9 Å². The number of nitrogens with one attached hydrogen (secondary N) is 2. The van der Waals surface area contributed by atoms with Crippen LogP contribution in [0.5, 0.6) is 0 Å². The molecule has 0 aromatic heterocycles. The molecule has 2 aliphatic heterocycles. The Morgan fingerprint density at radius 3 is 2.64 bits per heavy atom. The summed E-state index contributed by atoms with van der Waals surface area (Å²) in [7, 11) is 0. The van der Waals surface area contributed by atoms with Gasteiger partial charge in [0, 0.05) is 13.1 Å². The molecule has 2 bridgehead atoms. The van der Waals surface area contributed by atoms with Gasteiger partial charge in [0.25, 0.3) is 0 Å². The van der Waals surface area contributed by atoms with Gasteiger partial charge in [-0.2, -0.15) is 0 Å². The zero-order valence-electron chi connectivity index (χ0n) is 13.9. The molecule has 4 nitrogen and oxygen atoms in total. The van der Waals surface area contributed by atoms with E-state index >= 15 is 0 Å². The van der Waals surface area contributed by atoms with Crippen molar-refractivity contribution in [3.05, 3.63) is 0 Å². The number of aliphatic imine (C=N–C) groups is 1. The number of fused-ring (bicyclic) bond motifs is 2. The second-order valence-electron chi connectivity index (χ2n) is 6.91. The highest BCUT2D eigenvalue weighted by Crippen LogP contribution is 2.34. The number of ether oxygens (including phenoxy) is 1. The molecule has 3 rings (SSSR count). The van der Waals surface area contributed by atoms with E-state index in [4.69, 9.17) is 9.73 Å². The Labute approximate surface area is 152 Å². The van der Waals surface area contributed by atoms with Gasteiger partial charge in [-0.1, -0.05) is 25.7 Å². The van der Waals surface area contributed by atoms with Gasteiger partial charge in [-0.25, -0.2) is 0 Å². The van der Waals surface area contributed by atoms with Crippen LogP contribution in [0, 0.1) is 5.92 Å². The van der Waals surface area contributed by atoms with E-state index in [1.807, 2.05) is 0 Å². The van der Waals surface area contributed by atoms with Gasteiger partial charge in [-0.15, -0.1) is 24.0 Å². The van der Waals surface area contributed by atoms with Crippen molar-refractivity contribution in [3.63, 3.8) is 0 Å². The first-order chi connectivity index (χ1) is 10.3. The average Bonchev–Trinajstić information content (AvgIpc) is 3.21. The maximum absolute atomic E-state index is 5.91. The van der Waals surface area contributed by atoms with Crippen LogP contribution in [0.4, 0.5) is 0 Å². The highest BCUT2D eigenvalue weighted by atomic mass is 127. The van der Waals surface area contributed by atoms with E-state index in [2.05, 4.69) is 17.6 Å². The Bertz CT molecular complexity index is 358. The van der Waals surface area contributed by atoms with E-state index in [-0.39, 0.29) is 24.0 Å². The lowest BCUT2D eigenvalue weighted by atomic mass is 9.96. The summed E-state index contributed by atoms with van der Waals surface area (Å²) in [6.07, 6.45) is 12.9. The first kappa shape index (κ1) is 18.3. The Balaban J connectivity index is 0.00000176. The lowest BCUT2D eigenvalue weighted by Gasteiger charge is -2.22. The zero-order chi connectivity index (χ0) is 14.5. The summed E-state index contributed by atoms with van der Waals surface area (Å²) in [4.78, 5) is 4.76. The predicted octanol–water partition coefficient (Wildman–Crippen LogP) is 3.45. The van der Waals surface area contributed by atoms with Crippen molar-refractivity contribution in [2.45, 2.75) is 83.0 Å². The van der Waals surface area contributed by atoms with E-state index in [9.17, 15) is 0 Å². The number of hydrogen-bond donors (Lipinski definition) is 2. The second-order valence-corrected chi connectivity index (χ2v) is 6.91. The Morgan fingerprint density at radius 2 is 2.00 bits per heavy atom. The predicted molar refractivity (Wildman–Crippen MR) is 102 cm³/mol. The van der Waals surface area contributed by atoms with Crippen molar-refractivity contribution in [1.82, 2.24) is 10.6 Å². The van der Waals surface area contributed by atoms with E-state index in [1.54, 1.807) is 0 Å². The number of guanidine groups is 1. The quantitative estimate of drug-likeness (QED) is 0.299. The Morgan fingerprint density at radius 1 is 1.18 bits per heavy atom. The maximum atomic E-state index is 5.91. The lowest BCUT2D eigenvalue weighted by molar-refractivity contribution is 0.0992. The minimum Gasteiger partial charge on any atom is -0.373 e. The molecule has 0 spiro atoms.